The summed E-state index contributed by atoms with van der Waals surface area (Å²) in [5, 5.41) is 4.90. The van der Waals surface area contributed by atoms with Crippen molar-refractivity contribution in [1.82, 2.24) is 0 Å². The number of hydrogen-bond acceptors (Lipinski definition) is 6. The van der Waals surface area contributed by atoms with E-state index in [1.165, 1.54) is 32.1 Å². The van der Waals surface area contributed by atoms with Crippen molar-refractivity contribution < 1.29 is 28.5 Å². The van der Waals surface area contributed by atoms with E-state index >= 15 is 0 Å². The minimum Gasteiger partial charge on any atom is -0.497 e. The van der Waals surface area contributed by atoms with Crippen molar-refractivity contribution in [2.75, 3.05) is 36.4 Å². The molecular weight excluding hydrogens is 652 g/mol. The molecule has 4 bridgehead atoms. The molecular formula is C41H45ClN2O6. The maximum absolute atomic E-state index is 13.7. The Kier molecular flexibility index (Phi) is 8.13. The Bertz CT molecular complexity index is 1810. The van der Waals surface area contributed by atoms with Gasteiger partial charge >= 0.3 is 6.09 Å². The average molecular weight is 697 g/mol. The molecule has 2 aliphatic heterocycles. The first kappa shape index (κ1) is 32.3. The van der Waals surface area contributed by atoms with Gasteiger partial charge in [0.15, 0.2) is 5.79 Å². The number of halogens is 1. The summed E-state index contributed by atoms with van der Waals surface area (Å²) >= 11 is 6.50. The topological polar surface area (TPSA) is 86.3 Å². The van der Waals surface area contributed by atoms with Gasteiger partial charge in [0.1, 0.15) is 17.5 Å². The molecule has 7 aliphatic rings. The molecule has 0 aromatic heterocycles. The first-order valence-corrected chi connectivity index (χ1v) is 19.0. The van der Waals surface area contributed by atoms with Crippen molar-refractivity contribution in [3.63, 3.8) is 0 Å². The quantitative estimate of drug-likeness (QED) is 0.205. The zero-order valence-corrected chi connectivity index (χ0v) is 29.3. The minimum absolute atomic E-state index is 0.0430. The highest BCUT2D eigenvalue weighted by Gasteiger charge is 2.64. The highest BCUT2D eigenvalue weighted by atomic mass is 35.5. The van der Waals surface area contributed by atoms with Crippen LogP contribution in [0.25, 0.3) is 16.8 Å². The molecule has 0 radical (unpaired) electrons. The van der Waals surface area contributed by atoms with Crippen molar-refractivity contribution in [3.8, 4) is 5.75 Å². The number of ether oxygens (including phenoxy) is 4. The smallest absolute Gasteiger partial charge is 0.411 e. The van der Waals surface area contributed by atoms with Crippen LogP contribution in [0.3, 0.4) is 0 Å². The number of nitrogens with one attached hydrogen (secondary N) is 1. The second-order valence-electron chi connectivity index (χ2n) is 15.6. The monoisotopic (exact) mass is 696 g/mol. The molecule has 3 atom stereocenters. The molecule has 5 saturated carbocycles. The van der Waals surface area contributed by atoms with Gasteiger partial charge < -0.3 is 23.8 Å². The highest BCUT2D eigenvalue weighted by Crippen LogP contribution is 2.63. The molecule has 2 spiro atoms. The van der Waals surface area contributed by atoms with Crippen LogP contribution in [0.15, 0.2) is 60.7 Å². The number of nitrogens with zero attached hydrogens (tertiary/aromatic N) is 1. The lowest BCUT2D eigenvalue weighted by molar-refractivity contribution is -0.259. The van der Waals surface area contributed by atoms with E-state index in [-0.39, 0.29) is 23.5 Å². The molecule has 5 aliphatic carbocycles. The number of fused-ring (bicyclic) bond motifs is 3. The SMILES string of the molecule is COc1ccc(C=CC(=O)N2CC(CCl)c3c2cc(NC(=O)OC2CCCC4(C2)OCC2(O4)C4CC5CC(C4)CC2C5)c2ccccc32)cc1. The van der Waals surface area contributed by atoms with Crippen LogP contribution in [-0.2, 0) is 19.0 Å². The highest BCUT2D eigenvalue weighted by molar-refractivity contribution is 6.19. The Morgan fingerprint density at radius 2 is 1.76 bits per heavy atom. The summed E-state index contributed by atoms with van der Waals surface area (Å²) < 4.78 is 25.1. The Labute approximate surface area is 298 Å². The van der Waals surface area contributed by atoms with Crippen LogP contribution in [0.1, 0.15) is 74.8 Å². The van der Waals surface area contributed by atoms with Crippen molar-refractivity contribution in [1.29, 1.82) is 0 Å². The van der Waals surface area contributed by atoms with Gasteiger partial charge in [-0.05, 0) is 109 Å². The second-order valence-corrected chi connectivity index (χ2v) is 15.9. The van der Waals surface area contributed by atoms with E-state index in [0.29, 0.717) is 43.0 Å². The fourth-order valence-electron chi connectivity index (χ4n) is 10.7. The van der Waals surface area contributed by atoms with Gasteiger partial charge in [0.25, 0.3) is 5.91 Å². The third-order valence-corrected chi connectivity index (χ3v) is 13.1. The van der Waals surface area contributed by atoms with E-state index < -0.39 is 11.9 Å². The first-order valence-electron chi connectivity index (χ1n) is 18.4. The minimum atomic E-state index is -0.671. The van der Waals surface area contributed by atoms with Crippen LogP contribution >= 0.6 is 11.6 Å². The van der Waals surface area contributed by atoms with Crippen LogP contribution in [0.4, 0.5) is 16.2 Å². The van der Waals surface area contributed by atoms with Crippen molar-refractivity contribution in [2.45, 2.75) is 81.2 Å². The maximum atomic E-state index is 13.7. The largest absolute Gasteiger partial charge is 0.497 e. The number of carbonyl (C=O) groups is 2. The summed E-state index contributed by atoms with van der Waals surface area (Å²) in [6, 6.07) is 17.4. The molecule has 50 heavy (non-hydrogen) atoms. The van der Waals surface area contributed by atoms with Crippen LogP contribution in [0.2, 0.25) is 0 Å². The fourth-order valence-corrected chi connectivity index (χ4v) is 10.9. The number of amides is 2. The van der Waals surface area contributed by atoms with Gasteiger partial charge in [0.05, 0.1) is 25.1 Å². The molecule has 1 N–H and O–H groups in total. The number of methoxy groups -OCH3 is 1. The molecule has 1 saturated heterocycles. The van der Waals surface area contributed by atoms with Gasteiger partial charge in [-0.25, -0.2) is 4.79 Å². The fraction of sp³-hybridized carbons (Fsp3) is 0.512. The van der Waals surface area contributed by atoms with E-state index in [0.717, 1.165) is 64.4 Å². The zero-order chi connectivity index (χ0) is 34.0. The van der Waals surface area contributed by atoms with Crippen molar-refractivity contribution in [2.24, 2.45) is 23.7 Å². The van der Waals surface area contributed by atoms with E-state index in [9.17, 15) is 9.59 Å². The summed E-state index contributed by atoms with van der Waals surface area (Å²) in [4.78, 5) is 29.0. The Balaban J connectivity index is 0.927. The van der Waals surface area contributed by atoms with Gasteiger partial charge in [-0.15, -0.1) is 11.6 Å². The zero-order valence-electron chi connectivity index (χ0n) is 28.6. The number of alkyl halides is 1. The van der Waals surface area contributed by atoms with E-state index in [1.807, 2.05) is 54.6 Å². The average Bonchev–Trinajstić information content (AvgIpc) is 3.69. The summed E-state index contributed by atoms with van der Waals surface area (Å²) in [5.74, 6) is 3.19. The third kappa shape index (κ3) is 5.49. The molecule has 3 aromatic carbocycles. The summed E-state index contributed by atoms with van der Waals surface area (Å²) in [6.07, 6.45) is 12.1. The third-order valence-electron chi connectivity index (χ3n) is 12.7. The summed E-state index contributed by atoms with van der Waals surface area (Å²) in [5.41, 5.74) is 3.10. The van der Waals surface area contributed by atoms with Crippen LogP contribution < -0.4 is 15.0 Å². The Morgan fingerprint density at radius 3 is 2.48 bits per heavy atom. The Hall–Kier alpha value is -3.59. The lowest BCUT2D eigenvalue weighted by Gasteiger charge is -2.59. The molecule has 262 valence electrons. The number of rotatable bonds is 6. The van der Waals surface area contributed by atoms with Crippen LogP contribution in [0.5, 0.6) is 5.75 Å². The van der Waals surface area contributed by atoms with Crippen LogP contribution in [-0.4, -0.2) is 55.6 Å². The summed E-state index contributed by atoms with van der Waals surface area (Å²) in [7, 11) is 1.63. The van der Waals surface area contributed by atoms with E-state index in [1.54, 1.807) is 24.2 Å². The van der Waals surface area contributed by atoms with Crippen molar-refractivity contribution in [3.05, 3.63) is 71.8 Å². The number of hydrogen-bond donors (Lipinski definition) is 1. The summed E-state index contributed by atoms with van der Waals surface area (Å²) in [6.45, 7) is 1.13. The van der Waals surface area contributed by atoms with Gasteiger partial charge in [-0.2, -0.15) is 0 Å². The number of benzene rings is 3. The van der Waals surface area contributed by atoms with E-state index in [2.05, 4.69) is 5.32 Å². The normalized spacial score (nSPS) is 33.8. The Morgan fingerprint density at radius 1 is 1.02 bits per heavy atom. The van der Waals surface area contributed by atoms with Crippen molar-refractivity contribution >= 4 is 51.8 Å². The van der Waals surface area contributed by atoms with Gasteiger partial charge in [0, 0.05) is 42.6 Å². The molecule has 3 aromatic rings. The number of anilines is 2. The van der Waals surface area contributed by atoms with E-state index in [4.69, 9.17) is 30.5 Å². The molecule has 2 amide bonds. The molecule has 10 rings (SSSR count). The molecule has 9 heteroatoms. The standard InChI is InChI=1S/C41H45ClN2O6/c1-47-31-11-8-25(9-12-31)10-13-37(45)44-23-28(22-42)38-34-7-3-2-6-33(34)35(20-36(38)44)43-39(46)49-32-5-4-14-40(21-32)48-24-41(50-40)29-16-26-15-27(18-29)19-30(41)17-26/h2-3,6-13,20,26-30,32H,4-5,14-19,21-24H2,1H3,(H,43,46). The predicted molar refractivity (Wildman–Crippen MR) is 194 cm³/mol. The van der Waals surface area contributed by atoms with Gasteiger partial charge in [-0.3, -0.25) is 10.1 Å². The molecule has 2 heterocycles. The molecule has 8 nitrogen and oxygen atoms in total. The molecule has 3 unspecified atom stereocenters. The number of carbonyl (C=O) groups excluding carboxylic acids is 2. The first-order chi connectivity index (χ1) is 24.3. The molecule has 6 fully saturated rings. The lowest BCUT2D eigenvalue weighted by Crippen LogP contribution is -2.60. The second kappa shape index (κ2) is 12.6. The predicted octanol–water partition coefficient (Wildman–Crippen LogP) is 8.66. The maximum Gasteiger partial charge on any atom is 0.411 e. The van der Waals surface area contributed by atoms with Crippen LogP contribution in [0, 0.1) is 23.7 Å². The van der Waals surface area contributed by atoms with Gasteiger partial charge in [-0.1, -0.05) is 36.4 Å². The lowest BCUT2D eigenvalue weighted by atomic mass is 9.50. The van der Waals surface area contributed by atoms with Gasteiger partial charge in [0.2, 0.25) is 0 Å².